The lowest BCUT2D eigenvalue weighted by Gasteiger charge is -2.27. The molecule has 0 saturated carbocycles. The molecule has 0 spiro atoms. The van der Waals surface area contributed by atoms with Crippen molar-refractivity contribution in [3.05, 3.63) is 0 Å². The molecule has 4 N–H and O–H groups in total. The van der Waals surface area contributed by atoms with Crippen LogP contribution in [-0.2, 0) is 28.5 Å². The lowest BCUT2D eigenvalue weighted by atomic mass is 9.85. The number of hydrogen-bond donors (Lipinski definition) is 4. The molecule has 298 valence electrons. The first-order valence-corrected chi connectivity index (χ1v) is 17.5. The smallest absolute Gasteiger partial charge is 0.408 e. The van der Waals surface area contributed by atoms with Gasteiger partial charge in [-0.25, -0.2) is 19.2 Å². The number of Topliss-reactive ketones (excluding diaryl/α,β-unsaturated/α-hetero) is 2. The molecular weight excluding hydrogens is 660 g/mol. The maximum absolute atomic E-state index is 12.6. The molecule has 51 heavy (non-hydrogen) atoms. The summed E-state index contributed by atoms with van der Waals surface area (Å²) in [6.07, 6.45) is -1.20. The molecule has 2 atom stereocenters. The molecule has 0 aromatic rings. The highest BCUT2D eigenvalue weighted by Crippen LogP contribution is 2.21. The molecule has 4 amide bonds. The number of carbonyl (C=O) groups excluding carboxylic acids is 6. The van der Waals surface area contributed by atoms with Crippen LogP contribution in [0.25, 0.3) is 0 Å². The van der Waals surface area contributed by atoms with Gasteiger partial charge in [-0.2, -0.15) is 0 Å². The van der Waals surface area contributed by atoms with Gasteiger partial charge in [0.05, 0.1) is 12.1 Å². The van der Waals surface area contributed by atoms with Crippen LogP contribution in [0, 0.1) is 10.8 Å². The van der Waals surface area contributed by atoms with E-state index in [1.165, 1.54) is 0 Å². The van der Waals surface area contributed by atoms with Crippen molar-refractivity contribution in [1.82, 2.24) is 21.3 Å². The summed E-state index contributed by atoms with van der Waals surface area (Å²) in [6, 6.07) is -1.44. The Balaban J connectivity index is 0. The Labute approximate surface area is 307 Å². The Kier molecular flexibility index (Phi) is 19.3. The van der Waals surface area contributed by atoms with Crippen LogP contribution in [0.4, 0.5) is 19.2 Å². The minimum atomic E-state index is -0.759. The van der Waals surface area contributed by atoms with E-state index in [4.69, 9.17) is 18.9 Å². The topological polar surface area (TPSA) is 187 Å². The molecule has 0 aliphatic rings. The minimum Gasteiger partial charge on any atom is -0.444 e. The van der Waals surface area contributed by atoms with E-state index in [2.05, 4.69) is 21.3 Å². The fourth-order valence-electron chi connectivity index (χ4n) is 3.93. The summed E-state index contributed by atoms with van der Waals surface area (Å²) in [7, 11) is 0. The summed E-state index contributed by atoms with van der Waals surface area (Å²) >= 11 is 0. The second kappa shape index (κ2) is 19.9. The third kappa shape index (κ3) is 27.8. The maximum atomic E-state index is 12.6. The van der Waals surface area contributed by atoms with Crippen molar-refractivity contribution in [3.63, 3.8) is 0 Å². The first kappa shape index (κ1) is 49.5. The monoisotopic (exact) mass is 731 g/mol. The number of rotatable bonds is 11. The molecule has 14 nitrogen and oxygen atoms in total. The van der Waals surface area contributed by atoms with Crippen LogP contribution in [0.1, 0.15) is 144 Å². The SMILES string of the molecule is CC(C)(C)OC(=O)NCCC[C@H](NC(=O)OC(C)(C)C)C(=O)C(C)(C)C.CC(C)(C)OC(=O)NCC[C@H](NC(=O)OC(C)(C)C)C(=O)C(C)(C)C. The summed E-state index contributed by atoms with van der Waals surface area (Å²) in [5, 5.41) is 10.5. The van der Waals surface area contributed by atoms with E-state index in [9.17, 15) is 28.8 Å². The van der Waals surface area contributed by atoms with Crippen LogP contribution in [0.15, 0.2) is 0 Å². The number of nitrogens with one attached hydrogen (secondary N) is 4. The van der Waals surface area contributed by atoms with Crippen molar-refractivity contribution in [2.75, 3.05) is 13.1 Å². The van der Waals surface area contributed by atoms with Gasteiger partial charge in [0.25, 0.3) is 0 Å². The minimum absolute atomic E-state index is 0.0828. The first-order chi connectivity index (χ1) is 22.5. The highest BCUT2D eigenvalue weighted by molar-refractivity contribution is 5.92. The van der Waals surface area contributed by atoms with Gasteiger partial charge in [0.1, 0.15) is 22.4 Å². The van der Waals surface area contributed by atoms with Gasteiger partial charge >= 0.3 is 24.4 Å². The van der Waals surface area contributed by atoms with E-state index < -0.39 is 69.7 Å². The molecule has 0 bridgehead atoms. The third-order valence-corrected chi connectivity index (χ3v) is 5.93. The van der Waals surface area contributed by atoms with Crippen molar-refractivity contribution >= 4 is 35.9 Å². The third-order valence-electron chi connectivity index (χ3n) is 5.93. The lowest BCUT2D eigenvalue weighted by Crippen LogP contribution is -2.48. The number of ether oxygens (including phenoxy) is 4. The zero-order valence-corrected chi connectivity index (χ0v) is 34.8. The number of hydrogen-bond acceptors (Lipinski definition) is 10. The normalized spacial score (nSPS) is 13.6. The van der Waals surface area contributed by atoms with Gasteiger partial charge in [0.15, 0.2) is 11.6 Å². The van der Waals surface area contributed by atoms with E-state index in [0.29, 0.717) is 19.4 Å². The highest BCUT2D eigenvalue weighted by Gasteiger charge is 2.33. The Hall–Kier alpha value is -3.58. The molecule has 0 fully saturated rings. The van der Waals surface area contributed by atoms with Crippen molar-refractivity contribution in [2.45, 2.75) is 178 Å². The van der Waals surface area contributed by atoms with Crippen LogP contribution in [-0.4, -0.2) is 83.5 Å². The lowest BCUT2D eigenvalue weighted by molar-refractivity contribution is -0.129. The predicted molar refractivity (Wildman–Crippen MR) is 198 cm³/mol. The van der Waals surface area contributed by atoms with Crippen molar-refractivity contribution in [1.29, 1.82) is 0 Å². The van der Waals surface area contributed by atoms with Gasteiger partial charge in [-0.05, 0) is 102 Å². The molecule has 0 aliphatic carbocycles. The number of alkyl carbamates (subject to hydrolysis) is 4. The molecular formula is C37H70N4O10. The Morgan fingerprint density at radius 1 is 0.412 bits per heavy atom. The summed E-state index contributed by atoms with van der Waals surface area (Å²) in [5.74, 6) is -0.218. The molecule has 0 radical (unpaired) electrons. The quantitative estimate of drug-likeness (QED) is 0.125. The van der Waals surface area contributed by atoms with Gasteiger partial charge in [-0.3, -0.25) is 9.59 Å². The summed E-state index contributed by atoms with van der Waals surface area (Å²) < 4.78 is 20.8. The fourth-order valence-corrected chi connectivity index (χ4v) is 3.93. The van der Waals surface area contributed by atoms with Crippen molar-refractivity contribution in [3.8, 4) is 0 Å². The molecule has 0 saturated heterocycles. The van der Waals surface area contributed by atoms with E-state index in [1.807, 2.05) is 0 Å². The molecule has 0 heterocycles. The molecule has 0 aliphatic heterocycles. The Morgan fingerprint density at radius 3 is 0.980 bits per heavy atom. The number of carbonyl (C=O) groups is 6. The zero-order chi connectivity index (χ0) is 40.8. The summed E-state index contributed by atoms with van der Waals surface area (Å²) in [4.78, 5) is 72.5. The van der Waals surface area contributed by atoms with Crippen molar-refractivity contribution < 1.29 is 47.7 Å². The first-order valence-electron chi connectivity index (χ1n) is 17.5. The van der Waals surface area contributed by atoms with Gasteiger partial charge in [-0.15, -0.1) is 0 Å². The summed E-state index contributed by atoms with van der Waals surface area (Å²) in [5.41, 5.74) is -3.69. The molecule has 0 aromatic carbocycles. The van der Waals surface area contributed by atoms with Crippen LogP contribution in [0.5, 0.6) is 0 Å². The van der Waals surface area contributed by atoms with E-state index in [-0.39, 0.29) is 24.5 Å². The molecule has 0 aromatic heterocycles. The average molecular weight is 731 g/mol. The van der Waals surface area contributed by atoms with Gasteiger partial charge in [-0.1, -0.05) is 41.5 Å². The number of amides is 4. The number of ketones is 2. The van der Waals surface area contributed by atoms with Gasteiger partial charge in [0.2, 0.25) is 0 Å². The Bertz CT molecular complexity index is 1160. The van der Waals surface area contributed by atoms with Crippen molar-refractivity contribution in [2.24, 2.45) is 10.8 Å². The van der Waals surface area contributed by atoms with E-state index in [0.717, 1.165) is 0 Å². The van der Waals surface area contributed by atoms with Gasteiger partial charge < -0.3 is 40.2 Å². The highest BCUT2D eigenvalue weighted by atomic mass is 16.6. The fraction of sp³-hybridized carbons (Fsp3) is 0.838. The van der Waals surface area contributed by atoms with Gasteiger partial charge in [0, 0.05) is 23.9 Å². The van der Waals surface area contributed by atoms with E-state index in [1.54, 1.807) is 125 Å². The maximum Gasteiger partial charge on any atom is 0.408 e. The molecule has 14 heteroatoms. The largest absolute Gasteiger partial charge is 0.444 e. The van der Waals surface area contributed by atoms with Crippen LogP contribution >= 0.6 is 0 Å². The van der Waals surface area contributed by atoms with E-state index >= 15 is 0 Å². The standard InChI is InChI=1S/C19H36N2O5.C18H34N2O5/c1-17(2,3)14(22)13(21-16(24)26-19(7,8)9)11-10-12-20-15(23)25-18(4,5)6;1-16(2,3)13(21)12(20-15(23)25-18(7,8)9)10-11-19-14(22)24-17(4,5)6/h13H,10-12H2,1-9H3,(H,20,23)(H,21,24);12H,10-11H2,1-9H3,(H,19,22)(H,20,23)/t13-;12-/m00/s1. The average Bonchev–Trinajstić information content (AvgIpc) is 2.84. The second-order valence-corrected chi connectivity index (χ2v) is 18.4. The Morgan fingerprint density at radius 2 is 0.686 bits per heavy atom. The molecule has 0 unspecified atom stereocenters. The zero-order valence-electron chi connectivity index (χ0n) is 34.8. The predicted octanol–water partition coefficient (Wildman–Crippen LogP) is 7.21. The molecule has 0 rings (SSSR count). The van der Waals surface area contributed by atoms with Crippen LogP contribution < -0.4 is 21.3 Å². The summed E-state index contributed by atoms with van der Waals surface area (Å²) in [6.45, 7) is 32.5. The van der Waals surface area contributed by atoms with Crippen LogP contribution in [0.2, 0.25) is 0 Å². The van der Waals surface area contributed by atoms with Crippen LogP contribution in [0.3, 0.4) is 0 Å². The second-order valence-electron chi connectivity index (χ2n) is 18.4.